The van der Waals surface area contributed by atoms with Crippen LogP contribution in [0.1, 0.15) is 19.8 Å². The predicted octanol–water partition coefficient (Wildman–Crippen LogP) is 0.724. The van der Waals surface area contributed by atoms with E-state index in [1.807, 2.05) is 0 Å². The Bertz CT molecular complexity index is 275. The Kier molecular flexibility index (Phi) is 5.40. The molecule has 1 amide bonds. The molecule has 1 rings (SSSR count). The number of halogens is 3. The fraction of sp³-hybridized carbons (Fsp3) is 0.909. The Morgan fingerprint density at radius 2 is 2.00 bits per heavy atom. The standard InChI is InChI=1S/C11H20F3N3O/c1-8(18)16-10-2-4-17(5-3-10)7-9(6-15)11(12,13)14/h9-10H,2-7,15H2,1H3,(H,16,18). The molecule has 1 fully saturated rings. The smallest absolute Gasteiger partial charge is 0.354 e. The van der Waals surface area contributed by atoms with Gasteiger partial charge in [0.25, 0.3) is 0 Å². The Morgan fingerprint density at radius 1 is 1.44 bits per heavy atom. The minimum atomic E-state index is -4.23. The van der Waals surface area contributed by atoms with Gasteiger partial charge in [-0.15, -0.1) is 0 Å². The van der Waals surface area contributed by atoms with Crippen LogP contribution in [0, 0.1) is 5.92 Å². The van der Waals surface area contributed by atoms with E-state index in [1.165, 1.54) is 6.92 Å². The molecule has 1 aliphatic rings. The summed E-state index contributed by atoms with van der Waals surface area (Å²) in [5, 5.41) is 2.79. The maximum atomic E-state index is 12.6. The lowest BCUT2D eigenvalue weighted by molar-refractivity contribution is -0.176. The Labute approximate surface area is 105 Å². The van der Waals surface area contributed by atoms with Crippen molar-refractivity contribution in [3.63, 3.8) is 0 Å². The molecule has 1 unspecified atom stereocenters. The number of nitrogens with zero attached hydrogens (tertiary/aromatic N) is 1. The second-order valence-corrected chi connectivity index (χ2v) is 4.75. The minimum absolute atomic E-state index is 0.0488. The van der Waals surface area contributed by atoms with Crippen LogP contribution in [0.3, 0.4) is 0 Å². The van der Waals surface area contributed by atoms with Crippen molar-refractivity contribution in [2.75, 3.05) is 26.2 Å². The highest BCUT2D eigenvalue weighted by Gasteiger charge is 2.39. The van der Waals surface area contributed by atoms with E-state index in [4.69, 9.17) is 5.73 Å². The number of nitrogens with one attached hydrogen (secondary N) is 1. The van der Waals surface area contributed by atoms with E-state index < -0.39 is 12.1 Å². The maximum absolute atomic E-state index is 12.6. The zero-order valence-corrected chi connectivity index (χ0v) is 10.5. The largest absolute Gasteiger partial charge is 0.394 e. The molecule has 18 heavy (non-hydrogen) atoms. The third-order valence-corrected chi connectivity index (χ3v) is 3.22. The van der Waals surface area contributed by atoms with Crippen molar-refractivity contribution in [1.29, 1.82) is 0 Å². The number of likely N-dealkylation sites (tertiary alicyclic amines) is 1. The van der Waals surface area contributed by atoms with Gasteiger partial charge in [-0.25, -0.2) is 0 Å². The molecule has 1 saturated heterocycles. The van der Waals surface area contributed by atoms with Crippen LogP contribution in [0.25, 0.3) is 0 Å². The molecule has 0 aliphatic carbocycles. The molecule has 106 valence electrons. The van der Waals surface area contributed by atoms with Crippen molar-refractivity contribution in [2.45, 2.75) is 32.0 Å². The summed E-state index contributed by atoms with van der Waals surface area (Å²) in [4.78, 5) is 12.6. The van der Waals surface area contributed by atoms with Crippen LogP contribution >= 0.6 is 0 Å². The van der Waals surface area contributed by atoms with E-state index in [2.05, 4.69) is 5.32 Å². The second-order valence-electron chi connectivity index (χ2n) is 4.75. The van der Waals surface area contributed by atoms with Gasteiger partial charge in [-0.2, -0.15) is 13.2 Å². The number of hydrogen-bond donors (Lipinski definition) is 2. The Hall–Kier alpha value is -0.820. The molecular weight excluding hydrogens is 247 g/mol. The molecule has 1 aliphatic heterocycles. The first-order valence-electron chi connectivity index (χ1n) is 6.09. The molecule has 0 aromatic rings. The van der Waals surface area contributed by atoms with E-state index in [-0.39, 0.29) is 25.0 Å². The van der Waals surface area contributed by atoms with E-state index in [1.54, 1.807) is 4.90 Å². The average molecular weight is 267 g/mol. The van der Waals surface area contributed by atoms with Gasteiger partial charge in [0.15, 0.2) is 0 Å². The van der Waals surface area contributed by atoms with Gasteiger partial charge in [-0.3, -0.25) is 4.79 Å². The van der Waals surface area contributed by atoms with Crippen LogP contribution < -0.4 is 11.1 Å². The van der Waals surface area contributed by atoms with Gasteiger partial charge in [0.2, 0.25) is 5.91 Å². The van der Waals surface area contributed by atoms with Gasteiger partial charge < -0.3 is 16.0 Å². The third kappa shape index (κ3) is 4.81. The first kappa shape index (κ1) is 15.2. The summed E-state index contributed by atoms with van der Waals surface area (Å²) in [6.07, 6.45) is -2.85. The summed E-state index contributed by atoms with van der Waals surface area (Å²) in [7, 11) is 0. The molecule has 0 radical (unpaired) electrons. The van der Waals surface area contributed by atoms with Gasteiger partial charge in [0.1, 0.15) is 0 Å². The summed E-state index contributed by atoms with van der Waals surface area (Å²) in [6, 6.07) is 0.0842. The Balaban J connectivity index is 2.37. The molecule has 0 spiro atoms. The number of rotatable bonds is 4. The van der Waals surface area contributed by atoms with E-state index >= 15 is 0 Å². The van der Waals surface area contributed by atoms with Crippen molar-refractivity contribution >= 4 is 5.91 Å². The number of piperidine rings is 1. The number of carbonyl (C=O) groups is 1. The molecule has 1 atom stereocenters. The number of carbonyl (C=O) groups excluding carboxylic acids is 1. The van der Waals surface area contributed by atoms with Crippen LogP contribution in [0.4, 0.5) is 13.2 Å². The summed E-state index contributed by atoms with van der Waals surface area (Å²) in [5.74, 6) is -1.56. The first-order valence-corrected chi connectivity index (χ1v) is 6.09. The molecule has 3 N–H and O–H groups in total. The van der Waals surface area contributed by atoms with Crippen molar-refractivity contribution in [3.8, 4) is 0 Å². The third-order valence-electron chi connectivity index (χ3n) is 3.22. The second kappa shape index (κ2) is 6.38. The molecule has 0 bridgehead atoms. The zero-order valence-electron chi connectivity index (χ0n) is 10.5. The summed E-state index contributed by atoms with van der Waals surface area (Å²) in [5.41, 5.74) is 5.17. The van der Waals surface area contributed by atoms with Crippen LogP contribution in [-0.2, 0) is 4.79 Å². The van der Waals surface area contributed by atoms with Crippen molar-refractivity contribution < 1.29 is 18.0 Å². The summed E-state index contributed by atoms with van der Waals surface area (Å²) in [6.45, 7) is 2.15. The molecule has 4 nitrogen and oxygen atoms in total. The highest BCUT2D eigenvalue weighted by atomic mass is 19.4. The number of nitrogens with two attached hydrogens (primary N) is 1. The van der Waals surface area contributed by atoms with Crippen LogP contribution in [0.5, 0.6) is 0 Å². The van der Waals surface area contributed by atoms with E-state index in [0.717, 1.165) is 0 Å². The van der Waals surface area contributed by atoms with Crippen molar-refractivity contribution in [2.24, 2.45) is 11.7 Å². The van der Waals surface area contributed by atoms with Crippen LogP contribution in [0.15, 0.2) is 0 Å². The van der Waals surface area contributed by atoms with Crippen molar-refractivity contribution in [1.82, 2.24) is 10.2 Å². The monoisotopic (exact) mass is 267 g/mol. The number of amides is 1. The topological polar surface area (TPSA) is 58.4 Å². The van der Waals surface area contributed by atoms with Gasteiger partial charge in [-0.1, -0.05) is 0 Å². The molecule has 7 heteroatoms. The van der Waals surface area contributed by atoms with Crippen LogP contribution in [0.2, 0.25) is 0 Å². The normalized spacial score (nSPS) is 20.7. The van der Waals surface area contributed by atoms with E-state index in [0.29, 0.717) is 25.9 Å². The highest BCUT2D eigenvalue weighted by Crippen LogP contribution is 2.27. The minimum Gasteiger partial charge on any atom is -0.354 e. The molecule has 0 aromatic heterocycles. The summed E-state index contributed by atoms with van der Waals surface area (Å²) >= 11 is 0. The highest BCUT2D eigenvalue weighted by molar-refractivity contribution is 5.73. The molecular formula is C11H20F3N3O. The lowest BCUT2D eigenvalue weighted by Crippen LogP contribution is -2.48. The molecule has 0 saturated carbocycles. The maximum Gasteiger partial charge on any atom is 0.394 e. The first-order chi connectivity index (χ1) is 8.32. The quantitative estimate of drug-likeness (QED) is 0.789. The SMILES string of the molecule is CC(=O)NC1CCN(CC(CN)C(F)(F)F)CC1. The van der Waals surface area contributed by atoms with Gasteiger partial charge in [-0.05, 0) is 12.8 Å². The number of alkyl halides is 3. The van der Waals surface area contributed by atoms with Gasteiger partial charge in [0.05, 0.1) is 5.92 Å². The van der Waals surface area contributed by atoms with Gasteiger partial charge in [0, 0.05) is 39.1 Å². The average Bonchev–Trinajstić information content (AvgIpc) is 2.25. The lowest BCUT2D eigenvalue weighted by Gasteiger charge is -2.34. The van der Waals surface area contributed by atoms with Gasteiger partial charge >= 0.3 is 6.18 Å². The fourth-order valence-electron chi connectivity index (χ4n) is 2.17. The Morgan fingerprint density at radius 3 is 2.39 bits per heavy atom. The molecule has 1 heterocycles. The fourth-order valence-corrected chi connectivity index (χ4v) is 2.17. The van der Waals surface area contributed by atoms with Crippen molar-refractivity contribution in [3.05, 3.63) is 0 Å². The van der Waals surface area contributed by atoms with E-state index in [9.17, 15) is 18.0 Å². The number of hydrogen-bond acceptors (Lipinski definition) is 3. The molecule has 0 aromatic carbocycles. The zero-order chi connectivity index (χ0) is 13.8. The summed E-state index contributed by atoms with van der Waals surface area (Å²) < 4.78 is 37.7. The lowest BCUT2D eigenvalue weighted by atomic mass is 10.0. The predicted molar refractivity (Wildman–Crippen MR) is 61.9 cm³/mol. The van der Waals surface area contributed by atoms with Crippen LogP contribution in [-0.4, -0.2) is 49.2 Å².